The maximum absolute atomic E-state index is 13.8. The number of hydrogen-bond acceptors (Lipinski definition) is 6. The molecule has 176 valence electrons. The monoisotopic (exact) mass is 494 g/mol. The number of aryl methyl sites for hydroxylation is 1. The Kier molecular flexibility index (Phi) is 6.72. The minimum Gasteiger partial charge on any atom is -0.494 e. The lowest BCUT2D eigenvalue weighted by Gasteiger charge is -2.20. The Morgan fingerprint density at radius 2 is 1.79 bits per heavy atom. The smallest absolute Gasteiger partial charge is 0.260 e. The maximum atomic E-state index is 13.8. The van der Waals surface area contributed by atoms with Crippen LogP contribution in [0.1, 0.15) is 35.3 Å². The highest BCUT2D eigenvalue weighted by atomic mass is 32.2. The fourth-order valence-corrected chi connectivity index (χ4v) is 5.76. The molecular weight excluding hydrogens is 468 g/mol. The molecular formula is C26H26N2O4S2. The summed E-state index contributed by atoms with van der Waals surface area (Å²) in [6.07, 6.45) is 0. The van der Waals surface area contributed by atoms with Crippen LogP contribution in [-0.4, -0.2) is 31.7 Å². The molecule has 0 atom stereocenters. The molecule has 0 aliphatic heterocycles. The lowest BCUT2D eigenvalue weighted by Crippen LogP contribution is -2.30. The Balaban J connectivity index is 1.83. The average molecular weight is 495 g/mol. The summed E-state index contributed by atoms with van der Waals surface area (Å²) in [5.41, 5.74) is 2.96. The molecule has 1 aromatic heterocycles. The number of carbonyl (C=O) groups excluding carboxylic acids is 1. The average Bonchev–Trinajstić information content (AvgIpc) is 3.29. The quantitative estimate of drug-likeness (QED) is 0.332. The van der Waals surface area contributed by atoms with Crippen molar-refractivity contribution in [3.8, 4) is 5.75 Å². The van der Waals surface area contributed by atoms with E-state index in [-0.39, 0.29) is 10.8 Å². The van der Waals surface area contributed by atoms with Crippen molar-refractivity contribution in [3.63, 3.8) is 0 Å². The minimum atomic E-state index is -3.52. The normalized spacial score (nSPS) is 11.7. The van der Waals surface area contributed by atoms with E-state index in [1.165, 1.54) is 23.5 Å². The van der Waals surface area contributed by atoms with Crippen LogP contribution >= 0.6 is 11.3 Å². The van der Waals surface area contributed by atoms with Crippen LogP contribution in [0.3, 0.4) is 0 Å². The highest BCUT2D eigenvalue weighted by molar-refractivity contribution is 7.92. The van der Waals surface area contributed by atoms with Gasteiger partial charge in [-0.1, -0.05) is 53.8 Å². The summed E-state index contributed by atoms with van der Waals surface area (Å²) in [4.78, 5) is 20.3. The SMILES string of the molecule is COc1ccc(C)c2sc(N(Cc3ccccc3)C(=O)c3cccc(S(=O)(=O)C(C)C)c3)nc12. The van der Waals surface area contributed by atoms with Gasteiger partial charge in [0, 0.05) is 5.56 Å². The van der Waals surface area contributed by atoms with Crippen LogP contribution in [0.15, 0.2) is 71.6 Å². The van der Waals surface area contributed by atoms with Gasteiger partial charge in [0.15, 0.2) is 15.0 Å². The zero-order valence-electron chi connectivity index (χ0n) is 19.5. The number of sulfone groups is 1. The van der Waals surface area contributed by atoms with E-state index in [9.17, 15) is 13.2 Å². The van der Waals surface area contributed by atoms with E-state index < -0.39 is 15.1 Å². The Morgan fingerprint density at radius 3 is 2.47 bits per heavy atom. The molecule has 0 saturated heterocycles. The van der Waals surface area contributed by atoms with Gasteiger partial charge in [-0.2, -0.15) is 0 Å². The fraction of sp³-hybridized carbons (Fsp3) is 0.231. The largest absolute Gasteiger partial charge is 0.494 e. The maximum Gasteiger partial charge on any atom is 0.260 e. The number of rotatable bonds is 7. The van der Waals surface area contributed by atoms with Crippen LogP contribution in [0.4, 0.5) is 5.13 Å². The molecule has 1 heterocycles. The molecule has 1 amide bonds. The van der Waals surface area contributed by atoms with Crippen LogP contribution in [0.2, 0.25) is 0 Å². The molecule has 6 nitrogen and oxygen atoms in total. The molecule has 34 heavy (non-hydrogen) atoms. The number of hydrogen-bond donors (Lipinski definition) is 0. The van der Waals surface area contributed by atoms with Crippen LogP contribution in [0.25, 0.3) is 10.2 Å². The summed E-state index contributed by atoms with van der Waals surface area (Å²) in [7, 11) is -1.92. The molecule has 0 aliphatic rings. The van der Waals surface area contributed by atoms with Gasteiger partial charge in [0.1, 0.15) is 11.3 Å². The van der Waals surface area contributed by atoms with Crippen LogP contribution < -0.4 is 9.64 Å². The van der Waals surface area contributed by atoms with E-state index in [0.29, 0.717) is 28.5 Å². The van der Waals surface area contributed by atoms with Crippen molar-refractivity contribution in [1.82, 2.24) is 4.98 Å². The summed E-state index contributed by atoms with van der Waals surface area (Å²) in [5.74, 6) is 0.320. The number of methoxy groups -OCH3 is 1. The molecule has 3 aromatic carbocycles. The summed E-state index contributed by atoms with van der Waals surface area (Å²) < 4.78 is 31.9. The fourth-order valence-electron chi connectivity index (χ4n) is 3.60. The van der Waals surface area contributed by atoms with Gasteiger partial charge in [-0.3, -0.25) is 9.69 Å². The minimum absolute atomic E-state index is 0.134. The molecule has 4 aromatic rings. The standard InChI is InChI=1S/C26H26N2O4S2/c1-17(2)34(30,31)21-12-8-11-20(15-21)25(29)28(16-19-9-6-5-7-10-19)26-27-23-22(32-4)14-13-18(3)24(23)33-26/h5-15,17H,16H2,1-4H3. The first-order valence-corrected chi connectivity index (χ1v) is 13.2. The zero-order valence-corrected chi connectivity index (χ0v) is 21.1. The van der Waals surface area contributed by atoms with Crippen LogP contribution in [0.5, 0.6) is 5.75 Å². The number of nitrogens with zero attached hydrogens (tertiary/aromatic N) is 2. The van der Waals surface area contributed by atoms with E-state index in [0.717, 1.165) is 15.8 Å². The number of carbonyl (C=O) groups is 1. The number of ether oxygens (including phenoxy) is 1. The van der Waals surface area contributed by atoms with Gasteiger partial charge in [0.05, 0.1) is 28.5 Å². The Bertz CT molecular complexity index is 1440. The molecule has 0 unspecified atom stereocenters. The highest BCUT2D eigenvalue weighted by Crippen LogP contribution is 2.37. The summed E-state index contributed by atoms with van der Waals surface area (Å²) in [6.45, 7) is 5.54. The third-order valence-electron chi connectivity index (χ3n) is 5.60. The first-order valence-electron chi connectivity index (χ1n) is 10.9. The lowest BCUT2D eigenvalue weighted by molar-refractivity contribution is 0.0985. The second kappa shape index (κ2) is 9.56. The van der Waals surface area contributed by atoms with E-state index in [1.54, 1.807) is 38.0 Å². The predicted octanol–water partition coefficient (Wildman–Crippen LogP) is 5.64. The molecule has 4 rings (SSSR count). The number of fused-ring (bicyclic) bond motifs is 1. The van der Waals surface area contributed by atoms with Crippen LogP contribution in [-0.2, 0) is 16.4 Å². The van der Waals surface area contributed by atoms with E-state index in [4.69, 9.17) is 9.72 Å². The van der Waals surface area contributed by atoms with Gasteiger partial charge in [-0.25, -0.2) is 13.4 Å². The molecule has 0 aliphatic carbocycles. The predicted molar refractivity (Wildman–Crippen MR) is 137 cm³/mol. The van der Waals surface area contributed by atoms with Crippen LogP contribution in [0, 0.1) is 6.92 Å². The number of aromatic nitrogens is 1. The Morgan fingerprint density at radius 1 is 1.06 bits per heavy atom. The molecule has 0 N–H and O–H groups in total. The van der Waals surface area contributed by atoms with Crippen molar-refractivity contribution >= 4 is 42.4 Å². The van der Waals surface area contributed by atoms with Crippen molar-refractivity contribution in [3.05, 3.63) is 83.4 Å². The van der Waals surface area contributed by atoms with Crippen molar-refractivity contribution in [2.24, 2.45) is 0 Å². The topological polar surface area (TPSA) is 76.6 Å². The van der Waals surface area contributed by atoms with Crippen molar-refractivity contribution in [2.45, 2.75) is 37.5 Å². The number of amides is 1. The molecule has 0 spiro atoms. The lowest BCUT2D eigenvalue weighted by atomic mass is 10.1. The summed E-state index contributed by atoms with van der Waals surface area (Å²) >= 11 is 1.41. The number of thiazole rings is 1. The third kappa shape index (κ3) is 4.56. The molecule has 0 radical (unpaired) electrons. The Hall–Kier alpha value is -3.23. The van der Waals surface area contributed by atoms with E-state index >= 15 is 0 Å². The zero-order chi connectivity index (χ0) is 24.5. The first-order chi connectivity index (χ1) is 16.2. The van der Waals surface area contributed by atoms with Gasteiger partial charge in [0.25, 0.3) is 5.91 Å². The van der Waals surface area contributed by atoms with Gasteiger partial charge in [-0.05, 0) is 56.2 Å². The highest BCUT2D eigenvalue weighted by Gasteiger charge is 2.26. The molecule has 0 bridgehead atoms. The van der Waals surface area contributed by atoms with Crippen molar-refractivity contribution in [2.75, 3.05) is 12.0 Å². The first kappa shape index (κ1) is 23.9. The van der Waals surface area contributed by atoms with Gasteiger partial charge in [0.2, 0.25) is 0 Å². The van der Waals surface area contributed by atoms with Gasteiger partial charge < -0.3 is 4.74 Å². The van der Waals surface area contributed by atoms with Crippen molar-refractivity contribution in [1.29, 1.82) is 0 Å². The number of benzene rings is 3. The molecule has 0 fully saturated rings. The van der Waals surface area contributed by atoms with Crippen molar-refractivity contribution < 1.29 is 17.9 Å². The number of anilines is 1. The molecule has 8 heteroatoms. The second-order valence-corrected chi connectivity index (χ2v) is 11.7. The van der Waals surface area contributed by atoms with E-state index in [1.807, 2.05) is 49.4 Å². The third-order valence-corrected chi connectivity index (χ3v) is 8.97. The second-order valence-electron chi connectivity index (χ2n) is 8.26. The molecule has 0 saturated carbocycles. The van der Waals surface area contributed by atoms with E-state index in [2.05, 4.69) is 0 Å². The Labute approximate surface area is 203 Å². The summed E-state index contributed by atoms with van der Waals surface area (Å²) in [5, 5.41) is -0.0634. The van der Waals surface area contributed by atoms with Gasteiger partial charge >= 0.3 is 0 Å². The van der Waals surface area contributed by atoms with Gasteiger partial charge in [-0.15, -0.1) is 0 Å². The summed E-state index contributed by atoms with van der Waals surface area (Å²) in [6, 6.07) is 19.7.